The molecule has 0 fully saturated rings. The Balaban J connectivity index is 2.29. The zero-order valence-corrected chi connectivity index (χ0v) is 12.1. The highest BCUT2D eigenvalue weighted by Crippen LogP contribution is 2.27. The number of hydrogen-bond donors (Lipinski definition) is 1. The minimum absolute atomic E-state index is 0.126. The summed E-state index contributed by atoms with van der Waals surface area (Å²) in [7, 11) is 0. The van der Waals surface area contributed by atoms with Crippen molar-refractivity contribution in [1.29, 1.82) is 5.26 Å². The lowest BCUT2D eigenvalue weighted by Crippen LogP contribution is -2.12. The van der Waals surface area contributed by atoms with Gasteiger partial charge in [-0.2, -0.15) is 5.26 Å². The molecule has 2 aromatic rings. The topological polar surface area (TPSA) is 96.0 Å². The van der Waals surface area contributed by atoms with E-state index in [-0.39, 0.29) is 11.4 Å². The van der Waals surface area contributed by atoms with Gasteiger partial charge in [-0.05, 0) is 40.2 Å². The predicted octanol–water partition coefficient (Wildman–Crippen LogP) is 3.48. The molecule has 1 N–H and O–H groups in total. The van der Waals surface area contributed by atoms with Gasteiger partial charge in [-0.1, -0.05) is 6.07 Å². The molecule has 0 aromatic heterocycles. The van der Waals surface area contributed by atoms with E-state index in [0.717, 1.165) is 0 Å². The lowest BCUT2D eigenvalue weighted by molar-refractivity contribution is -0.384. The molecule has 0 unspecified atom stereocenters. The van der Waals surface area contributed by atoms with Crippen molar-refractivity contribution < 1.29 is 9.72 Å². The van der Waals surface area contributed by atoms with Gasteiger partial charge in [-0.25, -0.2) is 0 Å². The molecule has 2 aromatic carbocycles. The highest BCUT2D eigenvalue weighted by atomic mass is 79.9. The fourth-order valence-electron chi connectivity index (χ4n) is 1.65. The SMILES string of the molecule is N#Cc1cccc(C(=O)Nc2cc([N+](=O)[O-])ccc2Br)c1. The first kappa shape index (κ1) is 14.7. The average Bonchev–Trinajstić information content (AvgIpc) is 2.49. The van der Waals surface area contributed by atoms with Crippen LogP contribution in [0.3, 0.4) is 0 Å². The van der Waals surface area contributed by atoms with Crippen molar-refractivity contribution >= 4 is 33.2 Å². The zero-order chi connectivity index (χ0) is 15.4. The number of anilines is 1. The zero-order valence-electron chi connectivity index (χ0n) is 10.5. The molecule has 7 heteroatoms. The molecule has 0 aliphatic rings. The van der Waals surface area contributed by atoms with E-state index in [4.69, 9.17) is 5.26 Å². The maximum Gasteiger partial charge on any atom is 0.271 e. The van der Waals surface area contributed by atoms with Gasteiger partial charge < -0.3 is 5.32 Å². The first-order valence-corrected chi connectivity index (χ1v) is 6.56. The van der Waals surface area contributed by atoms with Crippen LogP contribution in [-0.2, 0) is 0 Å². The van der Waals surface area contributed by atoms with E-state index in [1.54, 1.807) is 18.2 Å². The van der Waals surface area contributed by atoms with Crippen LogP contribution in [0.15, 0.2) is 46.9 Å². The lowest BCUT2D eigenvalue weighted by atomic mass is 10.1. The molecule has 21 heavy (non-hydrogen) atoms. The van der Waals surface area contributed by atoms with Gasteiger partial charge in [0.05, 0.1) is 22.2 Å². The number of nitrogens with one attached hydrogen (secondary N) is 1. The molecule has 0 radical (unpaired) electrons. The van der Waals surface area contributed by atoms with Gasteiger partial charge >= 0.3 is 0 Å². The molecule has 0 aliphatic carbocycles. The maximum atomic E-state index is 12.1. The standard InChI is InChI=1S/C14H8BrN3O3/c15-12-5-4-11(18(20)21)7-13(12)17-14(19)10-3-1-2-9(6-10)8-16/h1-7H,(H,17,19). The van der Waals surface area contributed by atoms with Gasteiger partial charge in [0.1, 0.15) is 0 Å². The number of nitrogens with zero attached hydrogens (tertiary/aromatic N) is 2. The highest BCUT2D eigenvalue weighted by Gasteiger charge is 2.13. The number of hydrogen-bond acceptors (Lipinski definition) is 4. The number of benzene rings is 2. The fraction of sp³-hybridized carbons (Fsp3) is 0. The first-order chi connectivity index (χ1) is 10.0. The predicted molar refractivity (Wildman–Crippen MR) is 79.9 cm³/mol. The summed E-state index contributed by atoms with van der Waals surface area (Å²) in [4.78, 5) is 22.3. The maximum absolute atomic E-state index is 12.1. The van der Waals surface area contributed by atoms with Crippen molar-refractivity contribution in [2.75, 3.05) is 5.32 Å². The summed E-state index contributed by atoms with van der Waals surface area (Å²) in [5.41, 5.74) is 0.823. The summed E-state index contributed by atoms with van der Waals surface area (Å²) in [6, 6.07) is 12.2. The van der Waals surface area contributed by atoms with Crippen molar-refractivity contribution in [2.24, 2.45) is 0 Å². The minimum Gasteiger partial charge on any atom is -0.321 e. The van der Waals surface area contributed by atoms with Crippen LogP contribution in [-0.4, -0.2) is 10.8 Å². The van der Waals surface area contributed by atoms with Crippen LogP contribution >= 0.6 is 15.9 Å². The van der Waals surface area contributed by atoms with Crippen molar-refractivity contribution in [1.82, 2.24) is 0 Å². The molecule has 0 atom stereocenters. The van der Waals surface area contributed by atoms with E-state index in [0.29, 0.717) is 15.6 Å². The first-order valence-electron chi connectivity index (χ1n) is 5.76. The number of rotatable bonds is 3. The summed E-state index contributed by atoms with van der Waals surface area (Å²) >= 11 is 3.22. The Morgan fingerprint density at radius 2 is 2.05 bits per heavy atom. The minimum atomic E-state index is -0.543. The van der Waals surface area contributed by atoms with Gasteiger partial charge in [0.15, 0.2) is 0 Å². The summed E-state index contributed by atoms with van der Waals surface area (Å²) in [5.74, 6) is -0.451. The monoisotopic (exact) mass is 345 g/mol. The largest absolute Gasteiger partial charge is 0.321 e. The number of carbonyl (C=O) groups excluding carboxylic acids is 1. The third-order valence-corrected chi connectivity index (χ3v) is 3.35. The molecule has 104 valence electrons. The number of amides is 1. The molecule has 1 amide bonds. The molecule has 0 saturated heterocycles. The molecule has 0 spiro atoms. The van der Waals surface area contributed by atoms with Crippen LogP contribution < -0.4 is 5.32 Å². The van der Waals surface area contributed by atoms with Crippen molar-refractivity contribution in [3.8, 4) is 6.07 Å². The molecule has 0 bridgehead atoms. The van der Waals surface area contributed by atoms with Crippen LogP contribution in [0.1, 0.15) is 15.9 Å². The second-order valence-corrected chi connectivity index (χ2v) is 4.92. The Morgan fingerprint density at radius 3 is 2.71 bits per heavy atom. The van der Waals surface area contributed by atoms with E-state index < -0.39 is 10.8 Å². The van der Waals surface area contributed by atoms with Crippen molar-refractivity contribution in [2.45, 2.75) is 0 Å². The van der Waals surface area contributed by atoms with Crippen LogP contribution in [0.5, 0.6) is 0 Å². The number of nitro groups is 1. The van der Waals surface area contributed by atoms with E-state index in [1.807, 2.05) is 6.07 Å². The van der Waals surface area contributed by atoms with Crippen LogP contribution in [0.25, 0.3) is 0 Å². The highest BCUT2D eigenvalue weighted by molar-refractivity contribution is 9.10. The molecule has 6 nitrogen and oxygen atoms in total. The average molecular weight is 346 g/mol. The van der Waals surface area contributed by atoms with Crippen LogP contribution in [0.2, 0.25) is 0 Å². The number of halogens is 1. The van der Waals surface area contributed by atoms with Crippen molar-refractivity contribution in [3.05, 3.63) is 68.2 Å². The van der Waals surface area contributed by atoms with Gasteiger partial charge in [0.25, 0.3) is 11.6 Å². The molecule has 2 rings (SSSR count). The van der Waals surface area contributed by atoms with Gasteiger partial charge in [0.2, 0.25) is 0 Å². The molecular formula is C14H8BrN3O3. The third kappa shape index (κ3) is 3.43. The fourth-order valence-corrected chi connectivity index (χ4v) is 1.99. The summed E-state index contributed by atoms with van der Waals surface area (Å²) in [6.45, 7) is 0. The molecule has 0 heterocycles. The summed E-state index contributed by atoms with van der Waals surface area (Å²) in [6.07, 6.45) is 0. The van der Waals surface area contributed by atoms with E-state index >= 15 is 0 Å². The smallest absolute Gasteiger partial charge is 0.271 e. The number of nitro benzene ring substituents is 1. The van der Waals surface area contributed by atoms with Crippen molar-refractivity contribution in [3.63, 3.8) is 0 Å². The number of carbonyl (C=O) groups is 1. The quantitative estimate of drug-likeness (QED) is 0.680. The second kappa shape index (κ2) is 6.15. The van der Waals surface area contributed by atoms with Gasteiger partial charge in [0, 0.05) is 22.2 Å². The van der Waals surface area contributed by atoms with Gasteiger partial charge in [-0.15, -0.1) is 0 Å². The lowest BCUT2D eigenvalue weighted by Gasteiger charge is -2.07. The van der Waals surface area contributed by atoms with Gasteiger partial charge in [-0.3, -0.25) is 14.9 Å². The number of nitriles is 1. The Morgan fingerprint density at radius 1 is 1.29 bits per heavy atom. The normalized spacial score (nSPS) is 9.71. The molecule has 0 aliphatic heterocycles. The van der Waals surface area contributed by atoms with E-state index in [9.17, 15) is 14.9 Å². The van der Waals surface area contributed by atoms with E-state index in [1.165, 1.54) is 24.3 Å². The Hall–Kier alpha value is -2.72. The van der Waals surface area contributed by atoms with Crippen LogP contribution in [0, 0.1) is 21.4 Å². The molecular weight excluding hydrogens is 338 g/mol. The van der Waals surface area contributed by atoms with E-state index in [2.05, 4.69) is 21.2 Å². The number of non-ortho nitro benzene ring substituents is 1. The Kier molecular flexibility index (Phi) is 4.30. The molecule has 0 saturated carbocycles. The second-order valence-electron chi connectivity index (χ2n) is 4.07. The summed E-state index contributed by atoms with van der Waals surface area (Å²) in [5, 5.41) is 22.1. The van der Waals surface area contributed by atoms with Crippen LogP contribution in [0.4, 0.5) is 11.4 Å². The Labute approximate surface area is 128 Å². The summed E-state index contributed by atoms with van der Waals surface area (Å²) < 4.78 is 0.526. The Bertz CT molecular complexity index is 768. The third-order valence-electron chi connectivity index (χ3n) is 2.66.